The van der Waals surface area contributed by atoms with E-state index in [4.69, 9.17) is 14.5 Å². The fraction of sp³-hybridized carbons (Fsp3) is 0.306. The van der Waals surface area contributed by atoms with E-state index in [-0.39, 0.29) is 46.8 Å². The molecule has 7 rings (SSSR count). The monoisotopic (exact) mass is 605 g/mol. The third-order valence-electron chi connectivity index (χ3n) is 8.89. The van der Waals surface area contributed by atoms with Gasteiger partial charge in [0.2, 0.25) is 5.75 Å². The molecule has 3 aromatic carbocycles. The van der Waals surface area contributed by atoms with Crippen molar-refractivity contribution in [3.8, 4) is 51.7 Å². The Balaban J connectivity index is 1.40. The van der Waals surface area contributed by atoms with Gasteiger partial charge in [-0.1, -0.05) is 72.7 Å². The molecule has 3 aliphatic heterocycles. The molecule has 1 aromatic heterocycles. The van der Waals surface area contributed by atoms with Gasteiger partial charge in [-0.3, -0.25) is 4.79 Å². The Hall–Kier alpha value is -5.07. The summed E-state index contributed by atoms with van der Waals surface area (Å²) in [5, 5.41) is 36.2. The number of methoxy groups -OCH3 is 1. The molecule has 0 saturated carbocycles. The van der Waals surface area contributed by atoms with Gasteiger partial charge >= 0.3 is 5.78 Å². The Morgan fingerprint density at radius 2 is 1.89 bits per heavy atom. The Kier molecular flexibility index (Phi) is 7.30. The number of fused-ring (bicyclic) bond motifs is 8. The average Bonchev–Trinajstić information content (AvgIpc) is 3.48. The number of nitrogens with zero attached hydrogens (tertiary/aromatic N) is 2. The summed E-state index contributed by atoms with van der Waals surface area (Å²) in [6.07, 6.45) is 0.709. The van der Waals surface area contributed by atoms with E-state index >= 15 is 0 Å². The fourth-order valence-electron chi connectivity index (χ4n) is 6.60. The van der Waals surface area contributed by atoms with Gasteiger partial charge in [0.1, 0.15) is 24.0 Å². The third-order valence-corrected chi connectivity index (χ3v) is 8.89. The summed E-state index contributed by atoms with van der Waals surface area (Å²) in [6.45, 7) is 4.30. The molecule has 4 heterocycles. The molecule has 9 nitrogen and oxygen atoms in total. The number of hydrogen-bond donors (Lipinski definition) is 4. The van der Waals surface area contributed by atoms with Gasteiger partial charge in [-0.25, -0.2) is 0 Å². The maximum Gasteiger partial charge on any atom is 0.335 e. The van der Waals surface area contributed by atoms with E-state index in [0.717, 1.165) is 53.3 Å². The molecule has 9 heteroatoms. The smallest absolute Gasteiger partial charge is 0.335 e. The molecule has 230 valence electrons. The number of rotatable bonds is 4. The number of aromatic hydroxyl groups is 3. The van der Waals surface area contributed by atoms with Crippen LogP contribution in [0.3, 0.4) is 0 Å². The van der Waals surface area contributed by atoms with Gasteiger partial charge in [-0.15, -0.1) is 0 Å². The number of anilines is 1. The molecule has 0 aliphatic carbocycles. The Morgan fingerprint density at radius 1 is 1.07 bits per heavy atom. The van der Waals surface area contributed by atoms with Crippen molar-refractivity contribution in [1.29, 1.82) is 0 Å². The minimum absolute atomic E-state index is 0.0781. The lowest BCUT2D eigenvalue weighted by Gasteiger charge is -2.40. The lowest BCUT2D eigenvalue weighted by molar-refractivity contribution is 0.196. The zero-order valence-electron chi connectivity index (χ0n) is 25.2. The number of aromatic nitrogens is 1. The average molecular weight is 606 g/mol. The summed E-state index contributed by atoms with van der Waals surface area (Å²) in [4.78, 5) is 18.6. The van der Waals surface area contributed by atoms with Crippen molar-refractivity contribution in [2.75, 3.05) is 31.6 Å². The van der Waals surface area contributed by atoms with Crippen molar-refractivity contribution in [3.05, 3.63) is 82.5 Å². The molecular weight excluding hydrogens is 570 g/mol. The van der Waals surface area contributed by atoms with Gasteiger partial charge in [0.25, 0.3) is 0 Å². The number of aryl methyl sites for hydroxylation is 1. The number of ether oxygens (including phenoxy) is 2. The highest BCUT2D eigenvalue weighted by atomic mass is 16.5. The summed E-state index contributed by atoms with van der Waals surface area (Å²) >= 11 is 0. The van der Waals surface area contributed by atoms with Gasteiger partial charge < -0.3 is 40.0 Å². The lowest BCUT2D eigenvalue weighted by atomic mass is 9.85. The molecule has 3 atom stereocenters. The van der Waals surface area contributed by atoms with Crippen LogP contribution in [0, 0.1) is 11.8 Å². The molecule has 5 N–H and O–H groups in total. The van der Waals surface area contributed by atoms with E-state index in [1.165, 1.54) is 7.11 Å². The number of ketones is 1. The van der Waals surface area contributed by atoms with Crippen LogP contribution in [0.1, 0.15) is 53.3 Å². The summed E-state index contributed by atoms with van der Waals surface area (Å²) in [5.41, 5.74) is 5.32. The van der Waals surface area contributed by atoms with Crippen molar-refractivity contribution >= 4 is 11.6 Å². The van der Waals surface area contributed by atoms with Gasteiger partial charge in [-0.2, -0.15) is 0 Å². The standard InChI is InChI=1S/C36H34N3O6/c1-3-24-17-27-22-6-4-5-20(15-22)16-23(7-10-25-19-39(14-13-37-25)36(27)38-24)30-32(42)35(44-2)33(43)31-28(41)18-29(45-34(30)31)21-8-11-26(40)12-9-21/h4-6,8-9,11-12,15,17,23,25,29,37,40H,3,13-14,16,18-19H2,1-2H3,(H2,41,42,43)/q-1/p+1. The predicted octanol–water partition coefficient (Wildman–Crippen LogP) is 4.54. The van der Waals surface area contributed by atoms with Crippen LogP contribution in [0.4, 0.5) is 5.82 Å². The van der Waals surface area contributed by atoms with Crippen LogP contribution in [0.25, 0.3) is 11.1 Å². The molecule has 3 unspecified atom stereocenters. The lowest BCUT2D eigenvalue weighted by Crippen LogP contribution is -2.50. The molecule has 45 heavy (non-hydrogen) atoms. The first-order valence-corrected chi connectivity index (χ1v) is 15.3. The van der Waals surface area contributed by atoms with Gasteiger partial charge in [0.15, 0.2) is 17.1 Å². The highest BCUT2D eigenvalue weighted by Crippen LogP contribution is 2.54. The second kappa shape index (κ2) is 11.5. The van der Waals surface area contributed by atoms with E-state index in [1.807, 2.05) is 12.1 Å². The second-order valence-corrected chi connectivity index (χ2v) is 11.7. The van der Waals surface area contributed by atoms with Crippen molar-refractivity contribution in [2.45, 2.75) is 44.2 Å². The number of benzene rings is 3. The molecular formula is C36H35N3O6. The maximum absolute atomic E-state index is 11.7. The number of phenolic OH excluding ortho intramolecular Hbond substituents is 3. The van der Waals surface area contributed by atoms with Crippen molar-refractivity contribution in [1.82, 2.24) is 10.3 Å². The molecule has 0 amide bonds. The van der Waals surface area contributed by atoms with Crippen molar-refractivity contribution in [3.63, 3.8) is 0 Å². The first kappa shape index (κ1) is 28.7. The SMILES string of the molecule is CCc1cc2c([n-]1)N1CCNC(C#CC(c3c(O)c(OC)c(O)c4c3OC(c3ccc(O)cc3)CC4=[OH+])Cc3cccc-2c3)C1. The van der Waals surface area contributed by atoms with E-state index in [1.54, 1.807) is 24.3 Å². The van der Waals surface area contributed by atoms with E-state index in [2.05, 4.69) is 47.2 Å². The van der Waals surface area contributed by atoms with Crippen LogP contribution in [-0.2, 0) is 12.8 Å². The Labute approximate surface area is 261 Å². The Bertz CT molecular complexity index is 1850. The first-order valence-electron chi connectivity index (χ1n) is 15.3. The minimum Gasteiger partial charge on any atom is -0.508 e. The van der Waals surface area contributed by atoms with Gasteiger partial charge in [0, 0.05) is 0 Å². The summed E-state index contributed by atoms with van der Waals surface area (Å²) in [6, 6.07) is 16.9. The molecule has 4 aromatic rings. The van der Waals surface area contributed by atoms with E-state index in [0.29, 0.717) is 18.5 Å². The predicted molar refractivity (Wildman–Crippen MR) is 171 cm³/mol. The highest BCUT2D eigenvalue weighted by molar-refractivity contribution is 6.05. The number of piperazine rings is 1. The quantitative estimate of drug-likeness (QED) is 0.197. The molecule has 3 aliphatic rings. The van der Waals surface area contributed by atoms with Crippen LogP contribution in [0.5, 0.6) is 28.7 Å². The number of nitrogens with one attached hydrogen (secondary N) is 1. The largest absolute Gasteiger partial charge is 0.508 e. The van der Waals surface area contributed by atoms with Crippen LogP contribution >= 0.6 is 0 Å². The maximum atomic E-state index is 11.7. The first-order chi connectivity index (χ1) is 21.8. The molecule has 0 radical (unpaired) electrons. The fourth-order valence-corrected chi connectivity index (χ4v) is 6.60. The van der Waals surface area contributed by atoms with Crippen LogP contribution in [0.15, 0.2) is 54.6 Å². The molecule has 1 saturated heterocycles. The van der Waals surface area contributed by atoms with E-state index in [9.17, 15) is 20.1 Å². The number of phenols is 3. The minimum atomic E-state index is -0.629. The normalized spacial score (nSPS) is 20.4. The van der Waals surface area contributed by atoms with Crippen LogP contribution < -0.4 is 24.7 Å². The molecule has 1 fully saturated rings. The zero-order chi connectivity index (χ0) is 31.2. The highest BCUT2D eigenvalue weighted by Gasteiger charge is 2.41. The van der Waals surface area contributed by atoms with E-state index < -0.39 is 17.8 Å². The zero-order valence-corrected chi connectivity index (χ0v) is 25.2. The van der Waals surface area contributed by atoms with Gasteiger partial charge in [-0.05, 0) is 66.9 Å². The second-order valence-electron chi connectivity index (χ2n) is 11.7. The summed E-state index contributed by atoms with van der Waals surface area (Å²) in [7, 11) is 1.36. The van der Waals surface area contributed by atoms with Gasteiger partial charge in [0.05, 0.1) is 24.6 Å². The Morgan fingerprint density at radius 3 is 2.67 bits per heavy atom. The summed E-state index contributed by atoms with van der Waals surface area (Å²) < 4.78 is 12.0. The van der Waals surface area contributed by atoms with Crippen LogP contribution in [-0.4, -0.2) is 58.7 Å². The number of hydrogen-bond acceptors (Lipinski definition) is 7. The summed E-state index contributed by atoms with van der Waals surface area (Å²) in [5.74, 6) is 6.59. The topological polar surface area (TPSA) is 130 Å². The number of carbonyl (C=O) groups excluding carboxylic acids is 1. The van der Waals surface area contributed by atoms with Crippen LogP contribution in [0.2, 0.25) is 0 Å². The van der Waals surface area contributed by atoms with Crippen molar-refractivity contribution < 1.29 is 29.6 Å². The molecule has 0 spiro atoms. The molecule has 4 bridgehead atoms. The third kappa shape index (κ3) is 5.11. The van der Waals surface area contributed by atoms with Crippen molar-refractivity contribution in [2.24, 2.45) is 0 Å².